The van der Waals surface area contributed by atoms with E-state index in [0.29, 0.717) is 0 Å². The lowest BCUT2D eigenvalue weighted by Crippen LogP contribution is -1.79. The molecule has 0 rings (SSSR count). The highest BCUT2D eigenvalue weighted by molar-refractivity contribution is 5.13. The molecule has 30 heavy (non-hydrogen) atoms. The normalized spacial score (nSPS) is 11.0. The predicted molar refractivity (Wildman–Crippen MR) is 142 cm³/mol. The van der Waals surface area contributed by atoms with Crippen molar-refractivity contribution in [3.05, 3.63) is 96.2 Å². The second-order valence-corrected chi connectivity index (χ2v) is 8.54. The van der Waals surface area contributed by atoms with Crippen LogP contribution in [0.4, 0.5) is 0 Å². The molecule has 0 saturated carbocycles. The molecule has 0 aromatic carbocycles. The first-order valence-electron chi connectivity index (χ1n) is 11.3. The van der Waals surface area contributed by atoms with E-state index in [9.17, 15) is 0 Å². The van der Waals surface area contributed by atoms with E-state index in [-0.39, 0.29) is 0 Å². The van der Waals surface area contributed by atoms with Crippen molar-refractivity contribution in [1.29, 1.82) is 0 Å². The van der Waals surface area contributed by atoms with E-state index in [0.717, 1.165) is 49.7 Å². The highest BCUT2D eigenvalue weighted by Gasteiger charge is 1.91. The average Bonchev–Trinajstić information content (AvgIpc) is 2.67. The molecule has 0 aliphatic carbocycles. The van der Waals surface area contributed by atoms with Gasteiger partial charge in [-0.25, -0.2) is 0 Å². The highest BCUT2D eigenvalue weighted by atomic mass is 14.0. The summed E-state index contributed by atoms with van der Waals surface area (Å²) in [6, 6.07) is 0. The molecule has 0 aliphatic heterocycles. The predicted octanol–water partition coefficient (Wildman–Crippen LogP) is 10.4. The zero-order valence-electron chi connectivity index (χ0n) is 20.9. The van der Waals surface area contributed by atoms with Crippen LogP contribution in [0.3, 0.4) is 0 Å². The van der Waals surface area contributed by atoms with Crippen molar-refractivity contribution in [3.63, 3.8) is 0 Å². The van der Waals surface area contributed by atoms with Gasteiger partial charge in [0, 0.05) is 0 Å². The maximum absolute atomic E-state index is 3.90. The Balaban J connectivity index is 0. The Morgan fingerprint density at radius 2 is 0.800 bits per heavy atom. The molecule has 0 nitrogen and oxygen atoms in total. The van der Waals surface area contributed by atoms with E-state index in [1.807, 2.05) is 12.2 Å². The van der Waals surface area contributed by atoms with E-state index >= 15 is 0 Å². The smallest absolute Gasteiger partial charge is 0.0250 e. The van der Waals surface area contributed by atoms with E-state index < -0.39 is 0 Å². The van der Waals surface area contributed by atoms with Crippen LogP contribution in [-0.4, -0.2) is 0 Å². The molecule has 0 bridgehead atoms. The Labute approximate surface area is 189 Å². The zero-order valence-corrected chi connectivity index (χ0v) is 20.9. The molecule has 0 unspecified atom stereocenters. The largest absolute Gasteiger partial charge is 0.0988 e. The van der Waals surface area contributed by atoms with Gasteiger partial charge >= 0.3 is 0 Å². The summed E-state index contributed by atoms with van der Waals surface area (Å²) in [5.41, 5.74) is 8.02. The van der Waals surface area contributed by atoms with Gasteiger partial charge < -0.3 is 0 Å². The van der Waals surface area contributed by atoms with E-state index in [4.69, 9.17) is 0 Å². The van der Waals surface area contributed by atoms with Crippen LogP contribution in [0.25, 0.3) is 0 Å². The fourth-order valence-electron chi connectivity index (χ4n) is 2.59. The highest BCUT2D eigenvalue weighted by Crippen LogP contribution is 2.12. The van der Waals surface area contributed by atoms with E-state index in [1.54, 1.807) is 0 Å². The van der Waals surface area contributed by atoms with Crippen LogP contribution >= 0.6 is 0 Å². The van der Waals surface area contributed by atoms with Gasteiger partial charge in [-0.1, -0.05) is 96.2 Å². The SMILES string of the molecule is C=CC(=C)CCC=C(C)CCC=C(C)C.C=CC(=C)CCC=C(C)CCC=C(C)C. The van der Waals surface area contributed by atoms with Crippen molar-refractivity contribution in [1.82, 2.24) is 0 Å². The molecule has 0 spiro atoms. The number of hydrogen-bond acceptors (Lipinski definition) is 0. The Bertz CT molecular complexity index is 578. The molecule has 168 valence electrons. The molecule has 0 fully saturated rings. The number of rotatable bonds is 14. The Morgan fingerprint density at radius 3 is 1.07 bits per heavy atom. The molecule has 0 atom stereocenters. The summed E-state index contributed by atoms with van der Waals surface area (Å²) in [7, 11) is 0. The second kappa shape index (κ2) is 20.2. The monoisotopic (exact) mass is 408 g/mol. The summed E-state index contributed by atoms with van der Waals surface area (Å²) in [4.78, 5) is 0. The Kier molecular flexibility index (Phi) is 20.3. The van der Waals surface area contributed by atoms with Crippen molar-refractivity contribution < 1.29 is 0 Å². The Hall–Kier alpha value is -2.08. The molecule has 0 N–H and O–H groups in total. The van der Waals surface area contributed by atoms with E-state index in [1.165, 1.54) is 35.1 Å². The van der Waals surface area contributed by atoms with Crippen molar-refractivity contribution >= 4 is 0 Å². The van der Waals surface area contributed by atoms with Gasteiger partial charge in [-0.2, -0.15) is 0 Å². The third-order valence-electron chi connectivity index (χ3n) is 4.68. The standard InChI is InChI=1S/2C15H24/c2*1-6-14(4)10-8-12-15(5)11-7-9-13(2)3/h2*6,9,12H,1,4,7-8,10-11H2,2-3,5H3. The molecule has 0 heterocycles. The lowest BCUT2D eigenvalue weighted by atomic mass is 10.1. The Morgan fingerprint density at radius 1 is 0.500 bits per heavy atom. The molecule has 0 aromatic heterocycles. The molecule has 0 radical (unpaired) electrons. The summed E-state index contributed by atoms with van der Waals surface area (Å²) in [5.74, 6) is 0. The third kappa shape index (κ3) is 24.0. The first kappa shape index (κ1) is 30.1. The molecule has 0 heteroatoms. The summed E-state index contributed by atoms with van der Waals surface area (Å²) in [6.45, 7) is 28.2. The fourth-order valence-corrected chi connectivity index (χ4v) is 2.59. The second-order valence-electron chi connectivity index (χ2n) is 8.54. The molecular weight excluding hydrogens is 360 g/mol. The zero-order chi connectivity index (χ0) is 23.4. The fraction of sp³-hybridized carbons (Fsp3) is 0.467. The minimum absolute atomic E-state index is 1.03. The number of allylic oxidation sites excluding steroid dienone is 12. The van der Waals surface area contributed by atoms with Gasteiger partial charge in [0.15, 0.2) is 0 Å². The maximum Gasteiger partial charge on any atom is -0.0250 e. The van der Waals surface area contributed by atoms with Crippen LogP contribution in [0.1, 0.15) is 92.9 Å². The maximum atomic E-state index is 3.90. The topological polar surface area (TPSA) is 0 Å². The van der Waals surface area contributed by atoms with Gasteiger partial charge in [-0.3, -0.25) is 0 Å². The van der Waals surface area contributed by atoms with E-state index in [2.05, 4.69) is 92.2 Å². The van der Waals surface area contributed by atoms with Gasteiger partial charge in [0.05, 0.1) is 0 Å². The summed E-state index contributed by atoms with van der Waals surface area (Å²) < 4.78 is 0. The van der Waals surface area contributed by atoms with Gasteiger partial charge in [0.1, 0.15) is 0 Å². The van der Waals surface area contributed by atoms with Crippen molar-refractivity contribution in [2.45, 2.75) is 92.9 Å². The van der Waals surface area contributed by atoms with Gasteiger partial charge in [-0.15, -0.1) is 0 Å². The summed E-state index contributed by atoms with van der Waals surface area (Å²) >= 11 is 0. The van der Waals surface area contributed by atoms with Crippen LogP contribution in [0.5, 0.6) is 0 Å². The molecule has 0 saturated heterocycles. The van der Waals surface area contributed by atoms with Crippen LogP contribution in [-0.2, 0) is 0 Å². The van der Waals surface area contributed by atoms with Gasteiger partial charge in [0.2, 0.25) is 0 Å². The quantitative estimate of drug-likeness (QED) is 0.198. The molecule has 0 aromatic rings. The first-order chi connectivity index (χ1) is 14.1. The third-order valence-corrected chi connectivity index (χ3v) is 4.68. The average molecular weight is 409 g/mol. The lowest BCUT2D eigenvalue weighted by Gasteiger charge is -2.00. The van der Waals surface area contributed by atoms with Gasteiger partial charge in [0.25, 0.3) is 0 Å². The van der Waals surface area contributed by atoms with Gasteiger partial charge in [-0.05, 0) is 92.9 Å². The number of hydrogen-bond donors (Lipinski definition) is 0. The first-order valence-corrected chi connectivity index (χ1v) is 11.3. The summed E-state index contributed by atoms with van der Waals surface area (Å²) in [5, 5.41) is 0. The van der Waals surface area contributed by atoms with Crippen LogP contribution in [0.15, 0.2) is 96.2 Å². The van der Waals surface area contributed by atoms with Crippen molar-refractivity contribution in [2.75, 3.05) is 0 Å². The molecule has 0 aliphatic rings. The van der Waals surface area contributed by atoms with Crippen molar-refractivity contribution in [3.8, 4) is 0 Å². The molecule has 0 amide bonds. The summed E-state index contributed by atoms with van der Waals surface area (Å²) in [6.07, 6.45) is 21.8. The van der Waals surface area contributed by atoms with Crippen LogP contribution in [0, 0.1) is 0 Å². The minimum atomic E-state index is 1.03. The van der Waals surface area contributed by atoms with Crippen LogP contribution < -0.4 is 0 Å². The lowest BCUT2D eigenvalue weighted by molar-refractivity contribution is 0.928. The minimum Gasteiger partial charge on any atom is -0.0988 e. The van der Waals surface area contributed by atoms with Crippen molar-refractivity contribution in [2.24, 2.45) is 0 Å². The molecular formula is C30H48. The van der Waals surface area contributed by atoms with Crippen LogP contribution in [0.2, 0.25) is 0 Å².